The molecule has 63 heavy (non-hydrogen) atoms. The van der Waals surface area contributed by atoms with E-state index in [-0.39, 0.29) is 0 Å². The van der Waals surface area contributed by atoms with E-state index < -0.39 is 0 Å². The third kappa shape index (κ3) is 6.29. The van der Waals surface area contributed by atoms with Crippen LogP contribution in [0, 0.1) is 0 Å². The third-order valence-electron chi connectivity index (χ3n) is 12.3. The lowest BCUT2D eigenvalue weighted by Gasteiger charge is -2.29. The highest BCUT2D eigenvalue weighted by Gasteiger charge is 2.21. The second kappa shape index (κ2) is 15.3. The van der Waals surface area contributed by atoms with Crippen molar-refractivity contribution in [1.29, 1.82) is 0 Å². The Balaban J connectivity index is 1.02. The zero-order chi connectivity index (χ0) is 41.7. The highest BCUT2D eigenvalue weighted by Crippen LogP contribution is 2.46. The van der Waals surface area contributed by atoms with Gasteiger partial charge >= 0.3 is 0 Å². The summed E-state index contributed by atoms with van der Waals surface area (Å²) < 4.78 is 12.8. The van der Waals surface area contributed by atoms with Crippen LogP contribution < -0.4 is 4.90 Å². The van der Waals surface area contributed by atoms with Gasteiger partial charge in [-0.25, -0.2) is 0 Å². The molecule has 0 fully saturated rings. The molecule has 0 atom stereocenters. The second-order valence-corrected chi connectivity index (χ2v) is 16.0. The summed E-state index contributed by atoms with van der Waals surface area (Å²) in [5, 5.41) is 4.50. The smallest absolute Gasteiger partial charge is 0.143 e. The Kier molecular flexibility index (Phi) is 8.83. The summed E-state index contributed by atoms with van der Waals surface area (Å²) in [7, 11) is 0. The first kappa shape index (κ1) is 36.5. The zero-order valence-corrected chi connectivity index (χ0v) is 34.3. The third-order valence-corrected chi connectivity index (χ3v) is 12.3. The number of nitrogens with zero attached hydrogens (tertiary/aromatic N) is 1. The molecule has 0 radical (unpaired) electrons. The van der Waals surface area contributed by atoms with Crippen molar-refractivity contribution in [3.63, 3.8) is 0 Å². The van der Waals surface area contributed by atoms with Crippen LogP contribution in [0.25, 0.3) is 99.5 Å². The van der Waals surface area contributed by atoms with Crippen LogP contribution in [0.2, 0.25) is 0 Å². The molecule has 0 spiro atoms. The molecule has 12 aromatic rings. The number of para-hydroxylation sites is 4. The standard InChI is InChI=1S/C60H39NO2/c1-2-16-40(17-3-1)45-18-4-5-19-48(45)49-20-6-7-21-50(49)51-22-8-11-28-55(51)61(43-36-32-41(33-37-43)46-25-15-31-58-59(46)54-24-10-13-30-57(54)62-58)44-38-34-42(35-39-44)47-26-14-27-53-52-23-9-12-29-56(52)63-60(47)53/h1-39H. The molecule has 3 nitrogen and oxygen atoms in total. The first-order valence-electron chi connectivity index (χ1n) is 21.4. The van der Waals surface area contributed by atoms with Crippen LogP contribution in [-0.4, -0.2) is 0 Å². The summed E-state index contributed by atoms with van der Waals surface area (Å²) in [4.78, 5) is 2.39. The van der Waals surface area contributed by atoms with E-state index in [1.165, 1.54) is 22.3 Å². The highest BCUT2D eigenvalue weighted by molar-refractivity contribution is 6.13. The predicted octanol–water partition coefficient (Wildman–Crippen LogP) is 17.3. The summed E-state index contributed by atoms with van der Waals surface area (Å²) in [5.41, 5.74) is 18.2. The minimum atomic E-state index is 0.888. The van der Waals surface area contributed by atoms with Crippen molar-refractivity contribution in [3.8, 4) is 55.6 Å². The van der Waals surface area contributed by atoms with Gasteiger partial charge < -0.3 is 13.7 Å². The molecule has 0 saturated carbocycles. The maximum Gasteiger partial charge on any atom is 0.143 e. The Labute approximate surface area is 365 Å². The molecule has 2 heterocycles. The summed E-state index contributed by atoms with van der Waals surface area (Å²) in [6.07, 6.45) is 0. The van der Waals surface area contributed by atoms with Crippen LogP contribution in [-0.2, 0) is 0 Å². The molecule has 0 N–H and O–H groups in total. The van der Waals surface area contributed by atoms with Gasteiger partial charge in [0.2, 0.25) is 0 Å². The molecule has 0 aliphatic heterocycles. The molecule has 10 aromatic carbocycles. The number of fused-ring (bicyclic) bond motifs is 6. The molecular weight excluding hydrogens is 767 g/mol. The van der Waals surface area contributed by atoms with E-state index in [4.69, 9.17) is 8.83 Å². The largest absolute Gasteiger partial charge is 0.456 e. The molecule has 0 aliphatic carbocycles. The van der Waals surface area contributed by atoms with E-state index in [2.05, 4.69) is 217 Å². The van der Waals surface area contributed by atoms with Gasteiger partial charge in [0.25, 0.3) is 0 Å². The predicted molar refractivity (Wildman–Crippen MR) is 263 cm³/mol. The fourth-order valence-corrected chi connectivity index (χ4v) is 9.43. The highest BCUT2D eigenvalue weighted by atomic mass is 16.3. The first-order chi connectivity index (χ1) is 31.3. The average Bonchev–Trinajstić information content (AvgIpc) is 3.94. The van der Waals surface area contributed by atoms with Crippen LogP contribution in [0.1, 0.15) is 0 Å². The van der Waals surface area contributed by atoms with Gasteiger partial charge in [0.15, 0.2) is 0 Å². The fraction of sp³-hybridized carbons (Fsp3) is 0. The summed E-state index contributed by atoms with van der Waals surface area (Å²) >= 11 is 0. The summed E-state index contributed by atoms with van der Waals surface area (Å²) in [5.74, 6) is 0. The summed E-state index contributed by atoms with van der Waals surface area (Å²) in [6, 6.07) is 84.1. The Morgan fingerprint density at radius 3 is 1.41 bits per heavy atom. The van der Waals surface area contributed by atoms with E-state index in [9.17, 15) is 0 Å². The Bertz CT molecular complexity index is 3620. The van der Waals surface area contributed by atoms with Crippen molar-refractivity contribution >= 4 is 60.9 Å². The van der Waals surface area contributed by atoms with Gasteiger partial charge in [0.05, 0.1) is 5.69 Å². The van der Waals surface area contributed by atoms with Gasteiger partial charge in [-0.15, -0.1) is 0 Å². The first-order valence-corrected chi connectivity index (χ1v) is 21.4. The van der Waals surface area contributed by atoms with Crippen molar-refractivity contribution in [2.45, 2.75) is 0 Å². The second-order valence-electron chi connectivity index (χ2n) is 16.0. The number of benzene rings is 10. The van der Waals surface area contributed by atoms with Crippen molar-refractivity contribution in [1.82, 2.24) is 0 Å². The van der Waals surface area contributed by atoms with E-state index in [0.29, 0.717) is 0 Å². The monoisotopic (exact) mass is 805 g/mol. The number of hydrogen-bond acceptors (Lipinski definition) is 3. The van der Waals surface area contributed by atoms with E-state index >= 15 is 0 Å². The zero-order valence-electron chi connectivity index (χ0n) is 34.3. The van der Waals surface area contributed by atoms with Crippen LogP contribution in [0.4, 0.5) is 17.1 Å². The number of furan rings is 2. The molecule has 0 saturated heterocycles. The normalized spacial score (nSPS) is 11.5. The maximum atomic E-state index is 6.48. The lowest BCUT2D eigenvalue weighted by atomic mass is 9.88. The Morgan fingerprint density at radius 1 is 0.254 bits per heavy atom. The van der Waals surface area contributed by atoms with Gasteiger partial charge in [-0.1, -0.05) is 188 Å². The molecule has 0 unspecified atom stereocenters. The van der Waals surface area contributed by atoms with Crippen LogP contribution in [0.3, 0.4) is 0 Å². The van der Waals surface area contributed by atoms with Crippen molar-refractivity contribution in [2.24, 2.45) is 0 Å². The van der Waals surface area contributed by atoms with E-state index in [1.807, 2.05) is 24.3 Å². The minimum Gasteiger partial charge on any atom is -0.456 e. The van der Waals surface area contributed by atoms with Crippen molar-refractivity contribution in [2.75, 3.05) is 4.90 Å². The quantitative estimate of drug-likeness (QED) is 0.153. The van der Waals surface area contributed by atoms with Crippen molar-refractivity contribution < 1.29 is 8.83 Å². The molecule has 12 rings (SSSR count). The molecule has 0 amide bonds. The van der Waals surface area contributed by atoms with Gasteiger partial charge in [-0.3, -0.25) is 0 Å². The molecule has 2 aromatic heterocycles. The molecule has 0 aliphatic rings. The number of rotatable bonds is 8. The fourth-order valence-electron chi connectivity index (χ4n) is 9.43. The molecule has 3 heteroatoms. The average molecular weight is 806 g/mol. The summed E-state index contributed by atoms with van der Waals surface area (Å²) in [6.45, 7) is 0. The lowest BCUT2D eigenvalue weighted by molar-refractivity contribution is 0.669. The van der Waals surface area contributed by atoms with E-state index in [0.717, 1.165) is 94.3 Å². The maximum absolute atomic E-state index is 6.48. The molecule has 296 valence electrons. The van der Waals surface area contributed by atoms with Crippen LogP contribution in [0.5, 0.6) is 0 Å². The van der Waals surface area contributed by atoms with Crippen molar-refractivity contribution in [3.05, 3.63) is 237 Å². The van der Waals surface area contributed by atoms with Gasteiger partial charge in [0.1, 0.15) is 22.3 Å². The Hall–Kier alpha value is -8.40. The topological polar surface area (TPSA) is 29.5 Å². The number of anilines is 3. The lowest BCUT2D eigenvalue weighted by Crippen LogP contribution is -2.11. The number of hydrogen-bond donors (Lipinski definition) is 0. The van der Waals surface area contributed by atoms with Gasteiger partial charge in [-0.2, -0.15) is 0 Å². The van der Waals surface area contributed by atoms with Gasteiger partial charge in [-0.05, 0) is 93.0 Å². The molecule has 0 bridgehead atoms. The van der Waals surface area contributed by atoms with Crippen LogP contribution in [0.15, 0.2) is 245 Å². The SMILES string of the molecule is c1ccc(-c2ccccc2-c2ccccc2-c2ccccc2N(c2ccc(-c3cccc4c3oc3ccccc34)cc2)c2ccc(-c3cccc4oc5ccccc5c34)cc2)cc1. The van der Waals surface area contributed by atoms with E-state index in [1.54, 1.807) is 0 Å². The molecular formula is C60H39NO2. The Morgan fingerprint density at radius 2 is 0.698 bits per heavy atom. The van der Waals surface area contributed by atoms with Gasteiger partial charge in [0, 0.05) is 44.0 Å². The minimum absolute atomic E-state index is 0.888. The van der Waals surface area contributed by atoms with Crippen LogP contribution >= 0.6 is 0 Å².